The fraction of sp³-hybridized carbons (Fsp3) is 0.268. The summed E-state index contributed by atoms with van der Waals surface area (Å²) in [6, 6.07) is 17.5. The van der Waals surface area contributed by atoms with Crippen molar-refractivity contribution in [2.24, 2.45) is 0 Å². The van der Waals surface area contributed by atoms with Crippen LogP contribution in [0.4, 0.5) is 28.9 Å². The minimum Gasteiger partial charge on any atom is -0.455 e. The van der Waals surface area contributed by atoms with Gasteiger partial charge in [-0.25, -0.2) is 34.4 Å². The van der Waals surface area contributed by atoms with E-state index in [2.05, 4.69) is 15.9 Å². The first-order valence-electron chi connectivity index (χ1n) is 17.6. The van der Waals surface area contributed by atoms with Crippen molar-refractivity contribution in [3.05, 3.63) is 105 Å². The Kier molecular flexibility index (Phi) is 13.0. The molecule has 0 saturated carbocycles. The fourth-order valence-corrected chi connectivity index (χ4v) is 7.95. The van der Waals surface area contributed by atoms with E-state index in [4.69, 9.17) is 8.83 Å². The molecular formula is C41H39BrF4N2O8S2. The summed E-state index contributed by atoms with van der Waals surface area (Å²) in [5.74, 6) is 0.220. The number of carbonyl (C=O) groups excluding carboxylic acids is 2. The lowest BCUT2D eigenvalue weighted by Crippen LogP contribution is -2.25. The topological polar surface area (TPSA) is 135 Å². The number of aryl methyl sites for hydroxylation is 1. The van der Waals surface area contributed by atoms with Crippen molar-refractivity contribution in [3.63, 3.8) is 0 Å². The third kappa shape index (κ3) is 9.00. The maximum atomic E-state index is 12.9. The zero-order valence-corrected chi connectivity index (χ0v) is 35.6. The summed E-state index contributed by atoms with van der Waals surface area (Å²) >= 11 is 3.36. The van der Waals surface area contributed by atoms with E-state index in [1.807, 2.05) is 0 Å². The lowest BCUT2D eigenvalue weighted by atomic mass is 9.99. The van der Waals surface area contributed by atoms with Crippen molar-refractivity contribution in [1.29, 1.82) is 0 Å². The van der Waals surface area contributed by atoms with Crippen LogP contribution >= 0.6 is 15.9 Å². The van der Waals surface area contributed by atoms with Crippen LogP contribution in [0.2, 0.25) is 0 Å². The summed E-state index contributed by atoms with van der Waals surface area (Å²) in [6.45, 7) is 5.19. The summed E-state index contributed by atoms with van der Waals surface area (Å²) < 4.78 is 114. The Labute approximate surface area is 341 Å². The number of benzene rings is 4. The Morgan fingerprint density at radius 1 is 0.638 bits per heavy atom. The van der Waals surface area contributed by atoms with E-state index < -0.39 is 32.9 Å². The molecule has 0 aliphatic carbocycles. The molecule has 10 nitrogen and oxygen atoms in total. The van der Waals surface area contributed by atoms with Crippen LogP contribution in [0.15, 0.2) is 86.1 Å². The molecule has 58 heavy (non-hydrogen) atoms. The van der Waals surface area contributed by atoms with Crippen LogP contribution in [-0.4, -0.2) is 55.0 Å². The number of hydrogen-bond donors (Lipinski definition) is 0. The number of ketones is 2. The number of hydrogen-bond acceptors (Lipinski definition) is 8. The molecule has 0 saturated heterocycles. The molecule has 0 amide bonds. The smallest absolute Gasteiger partial charge is 0.263 e. The van der Waals surface area contributed by atoms with Crippen molar-refractivity contribution in [2.45, 2.75) is 46.5 Å². The van der Waals surface area contributed by atoms with Gasteiger partial charge in [0, 0.05) is 76.6 Å². The molecule has 0 N–H and O–H groups in total. The molecule has 0 fully saturated rings. The Morgan fingerprint density at radius 2 is 1.00 bits per heavy atom. The van der Waals surface area contributed by atoms with Crippen LogP contribution < -0.4 is 8.61 Å². The number of rotatable bonds is 12. The number of fused-ring (bicyclic) bond motifs is 2. The second-order valence-electron chi connectivity index (χ2n) is 13.4. The van der Waals surface area contributed by atoms with E-state index >= 15 is 0 Å². The predicted molar refractivity (Wildman–Crippen MR) is 221 cm³/mol. The second kappa shape index (κ2) is 17.1. The summed E-state index contributed by atoms with van der Waals surface area (Å²) in [6.07, 6.45) is -2.55. The molecule has 2 heterocycles. The minimum atomic E-state index is -3.51. The Bertz CT molecular complexity index is 2560. The Morgan fingerprint density at radius 3 is 1.36 bits per heavy atom. The molecule has 17 heteroatoms. The second-order valence-corrected chi connectivity index (χ2v) is 18.3. The quantitative estimate of drug-likeness (QED) is 0.0875. The first kappa shape index (κ1) is 44.1. The van der Waals surface area contributed by atoms with Crippen LogP contribution in [0.3, 0.4) is 0 Å². The highest BCUT2D eigenvalue weighted by atomic mass is 79.9. The monoisotopic (exact) mass is 906 g/mol. The van der Waals surface area contributed by atoms with Crippen molar-refractivity contribution in [2.75, 3.05) is 35.2 Å². The van der Waals surface area contributed by atoms with E-state index in [-0.39, 0.29) is 47.1 Å². The molecule has 4 aromatic carbocycles. The molecule has 0 spiro atoms. The molecule has 0 aliphatic heterocycles. The van der Waals surface area contributed by atoms with Crippen LogP contribution in [0.25, 0.3) is 44.6 Å². The first-order valence-corrected chi connectivity index (χ1v) is 22.1. The van der Waals surface area contributed by atoms with Gasteiger partial charge in [-0.1, -0.05) is 62.4 Å². The summed E-state index contributed by atoms with van der Waals surface area (Å²) in [5, 5.41) is 1.08. The lowest BCUT2D eigenvalue weighted by Gasteiger charge is -2.18. The average molecular weight is 908 g/mol. The van der Waals surface area contributed by atoms with Gasteiger partial charge in [0.15, 0.2) is 11.6 Å². The number of Topliss-reactive ketones (excluding diaryl/α,β-unsaturated/α-hetero) is 2. The molecule has 0 bridgehead atoms. The van der Waals surface area contributed by atoms with E-state index in [9.17, 15) is 44.0 Å². The molecule has 6 rings (SSSR count). The largest absolute Gasteiger partial charge is 0.455 e. The van der Waals surface area contributed by atoms with Gasteiger partial charge in [0.05, 0.1) is 35.0 Å². The third-order valence-corrected chi connectivity index (χ3v) is 12.5. The number of nitrogens with zero attached hydrogens (tertiary/aromatic N) is 2. The summed E-state index contributed by atoms with van der Waals surface area (Å²) in [5.41, 5.74) is 3.55. The highest BCUT2D eigenvalue weighted by Crippen LogP contribution is 2.41. The van der Waals surface area contributed by atoms with Gasteiger partial charge in [0.25, 0.3) is 12.9 Å². The van der Waals surface area contributed by atoms with E-state index in [1.165, 1.54) is 68.7 Å². The van der Waals surface area contributed by atoms with Gasteiger partial charge in [0.2, 0.25) is 20.0 Å². The van der Waals surface area contributed by atoms with Gasteiger partial charge in [-0.2, -0.15) is 0 Å². The van der Waals surface area contributed by atoms with Crippen molar-refractivity contribution < 1.29 is 52.8 Å². The summed E-state index contributed by atoms with van der Waals surface area (Å²) in [7, 11) is -4.15. The SMILES string of the molecule is CCC(=O)c1c(-c2ccc(C(F)F)cc2)oc2cc(N(C)S(C)(=O)=O)c(Br)cc12.CCC(=O)c1c(-c2ccc(C(F)F)cc2)oc2cc(N(C)S(C)(=O)=O)c(C)cc12. The normalized spacial score (nSPS) is 12.0. The molecule has 0 unspecified atom stereocenters. The number of alkyl halides is 4. The van der Waals surface area contributed by atoms with Gasteiger partial charge in [-0.3, -0.25) is 18.2 Å². The summed E-state index contributed by atoms with van der Waals surface area (Å²) in [4.78, 5) is 25.3. The van der Waals surface area contributed by atoms with Gasteiger partial charge < -0.3 is 8.83 Å². The fourth-order valence-electron chi connectivity index (χ4n) is 6.16. The maximum absolute atomic E-state index is 12.9. The van der Waals surface area contributed by atoms with Gasteiger partial charge in [0.1, 0.15) is 22.7 Å². The van der Waals surface area contributed by atoms with Crippen molar-refractivity contribution in [1.82, 2.24) is 0 Å². The van der Waals surface area contributed by atoms with Gasteiger partial charge in [-0.15, -0.1) is 0 Å². The standard InChI is InChI=1S/C21H21F2NO4S.C20H18BrF2NO4S/c1-5-17(25)19-15-10-12(2)16(24(3)29(4,26)27)11-18(15)28-20(19)13-6-8-14(9-7-13)21(22)23;1-4-16(25)18-13-9-14(21)15(24(2)29(3,26)27)10-17(13)28-19(18)11-5-7-12(8-6-11)20(22)23/h6-11,21H,5H2,1-4H3;5-10,20H,4H2,1-3H3. The molecule has 0 atom stereocenters. The van der Waals surface area contributed by atoms with Crippen molar-refractivity contribution in [3.8, 4) is 22.6 Å². The third-order valence-electron chi connectivity index (χ3n) is 9.49. The van der Waals surface area contributed by atoms with E-state index in [0.29, 0.717) is 65.6 Å². The zero-order chi connectivity index (χ0) is 43.0. The Hall–Kier alpha value is -5.00. The lowest BCUT2D eigenvalue weighted by molar-refractivity contribution is 0.0981. The van der Waals surface area contributed by atoms with Gasteiger partial charge in [-0.05, 0) is 40.5 Å². The number of anilines is 2. The average Bonchev–Trinajstić information content (AvgIpc) is 3.73. The molecule has 2 aromatic heterocycles. The Balaban J connectivity index is 0.000000221. The molecular weight excluding hydrogens is 868 g/mol. The van der Waals surface area contributed by atoms with E-state index in [0.717, 1.165) is 21.1 Å². The number of furan rings is 2. The number of carbonyl (C=O) groups is 2. The van der Waals surface area contributed by atoms with Crippen LogP contribution in [0.5, 0.6) is 0 Å². The van der Waals surface area contributed by atoms with Gasteiger partial charge >= 0.3 is 0 Å². The van der Waals surface area contributed by atoms with E-state index in [1.54, 1.807) is 39.0 Å². The number of halogens is 5. The van der Waals surface area contributed by atoms with Crippen LogP contribution in [-0.2, 0) is 20.0 Å². The minimum absolute atomic E-state index is 0.124. The molecule has 308 valence electrons. The number of sulfonamides is 2. The van der Waals surface area contributed by atoms with Crippen LogP contribution in [0.1, 0.15) is 76.9 Å². The molecule has 0 radical (unpaired) electrons. The molecule has 0 aliphatic rings. The first-order chi connectivity index (χ1) is 27.1. The highest BCUT2D eigenvalue weighted by Gasteiger charge is 2.26. The molecule has 6 aromatic rings. The zero-order valence-electron chi connectivity index (χ0n) is 32.4. The maximum Gasteiger partial charge on any atom is 0.263 e. The predicted octanol–water partition coefficient (Wildman–Crippen LogP) is 11.1. The highest BCUT2D eigenvalue weighted by molar-refractivity contribution is 9.10. The van der Waals surface area contributed by atoms with Crippen molar-refractivity contribution >= 4 is 80.9 Å². The van der Waals surface area contributed by atoms with Crippen LogP contribution in [0, 0.1) is 6.92 Å².